The zero-order valence-electron chi connectivity index (χ0n) is 18.2. The summed E-state index contributed by atoms with van der Waals surface area (Å²) in [5.74, 6) is 1.56. The van der Waals surface area contributed by atoms with Gasteiger partial charge in [0, 0.05) is 34.8 Å². The Labute approximate surface area is 210 Å². The second-order valence-corrected chi connectivity index (χ2v) is 10.1. The second-order valence-electron chi connectivity index (χ2n) is 8.21. The van der Waals surface area contributed by atoms with Gasteiger partial charge >= 0.3 is 0 Å². The van der Waals surface area contributed by atoms with Gasteiger partial charge in [-0.25, -0.2) is 9.67 Å². The van der Waals surface area contributed by atoms with Crippen LogP contribution in [0.3, 0.4) is 0 Å². The maximum atomic E-state index is 13.5. The van der Waals surface area contributed by atoms with Gasteiger partial charge < -0.3 is 15.4 Å². The monoisotopic (exact) mass is 517 g/mol. The van der Waals surface area contributed by atoms with Gasteiger partial charge in [-0.3, -0.25) is 9.59 Å². The number of aryl methyl sites for hydroxylation is 1. The zero-order valence-corrected chi connectivity index (χ0v) is 20.5. The highest BCUT2D eigenvalue weighted by atomic mass is 35.5. The summed E-state index contributed by atoms with van der Waals surface area (Å²) in [5.41, 5.74) is 1.51. The predicted octanol–water partition coefficient (Wildman–Crippen LogP) is 4.52. The van der Waals surface area contributed by atoms with Crippen molar-refractivity contribution in [2.45, 2.75) is 31.9 Å². The molecule has 1 saturated carbocycles. The number of hydrogen-bond donors (Lipinski definition) is 2. The Morgan fingerprint density at radius 2 is 1.97 bits per heavy atom. The minimum Gasteiger partial charge on any atom is -0.472 e. The van der Waals surface area contributed by atoms with E-state index in [-0.39, 0.29) is 23.7 Å². The van der Waals surface area contributed by atoms with E-state index in [2.05, 4.69) is 20.7 Å². The number of nitrogens with one attached hydrogen (secondary N) is 2. The molecule has 1 aliphatic carbocycles. The molecule has 0 atom stereocenters. The first-order valence-electron chi connectivity index (χ1n) is 10.8. The van der Waals surface area contributed by atoms with E-state index in [1.165, 1.54) is 4.68 Å². The number of amides is 2. The number of pyridine rings is 1. The Balaban J connectivity index is 1.50. The molecular formula is C23H21Cl2N5O3S. The molecule has 0 spiro atoms. The van der Waals surface area contributed by atoms with E-state index in [1.54, 1.807) is 55.2 Å². The maximum absolute atomic E-state index is 13.5. The molecule has 11 heteroatoms. The number of aromatic nitrogens is 3. The molecule has 34 heavy (non-hydrogen) atoms. The fraction of sp³-hybridized carbons (Fsp3) is 0.304. The lowest BCUT2D eigenvalue weighted by Crippen LogP contribution is -2.31. The summed E-state index contributed by atoms with van der Waals surface area (Å²) in [4.78, 5) is 30.6. The molecule has 176 valence electrons. The molecule has 8 nitrogen and oxygen atoms in total. The van der Waals surface area contributed by atoms with Gasteiger partial charge in [0.15, 0.2) is 5.82 Å². The van der Waals surface area contributed by atoms with Crippen LogP contribution in [0, 0.1) is 6.92 Å². The molecule has 1 saturated heterocycles. The van der Waals surface area contributed by atoms with Gasteiger partial charge in [0.2, 0.25) is 5.88 Å². The number of anilines is 1. The van der Waals surface area contributed by atoms with Gasteiger partial charge in [-0.1, -0.05) is 23.2 Å². The first kappa shape index (κ1) is 23.0. The van der Waals surface area contributed by atoms with Crippen LogP contribution in [0.15, 0.2) is 36.5 Å². The molecule has 1 aliphatic heterocycles. The molecule has 5 rings (SSSR count). The lowest BCUT2D eigenvalue weighted by molar-refractivity contribution is 0.0952. The van der Waals surface area contributed by atoms with Crippen molar-refractivity contribution in [3.05, 3.63) is 63.4 Å². The SMILES string of the molecule is Cc1cc(Cl)cc(C(=O)NC2CC2)c1NC(=O)c1cc(OC2CSC2)nn1-c1ncccc1Cl. The fourth-order valence-electron chi connectivity index (χ4n) is 3.48. The van der Waals surface area contributed by atoms with Gasteiger partial charge in [-0.05, 0) is 49.6 Å². The van der Waals surface area contributed by atoms with Crippen LogP contribution in [0.4, 0.5) is 5.69 Å². The van der Waals surface area contributed by atoms with Gasteiger partial charge in [0.1, 0.15) is 11.8 Å². The van der Waals surface area contributed by atoms with E-state index in [9.17, 15) is 9.59 Å². The summed E-state index contributed by atoms with van der Waals surface area (Å²) < 4.78 is 7.26. The number of halogens is 2. The van der Waals surface area contributed by atoms with Crippen LogP contribution in [0.2, 0.25) is 10.0 Å². The van der Waals surface area contributed by atoms with Crippen molar-refractivity contribution in [3.8, 4) is 11.7 Å². The first-order valence-corrected chi connectivity index (χ1v) is 12.7. The van der Waals surface area contributed by atoms with E-state index in [1.807, 2.05) is 0 Å². The smallest absolute Gasteiger partial charge is 0.274 e. The molecule has 0 bridgehead atoms. The molecule has 2 fully saturated rings. The van der Waals surface area contributed by atoms with Gasteiger partial charge in [0.05, 0.1) is 16.3 Å². The Kier molecular flexibility index (Phi) is 6.42. The molecule has 3 heterocycles. The number of nitrogens with zero attached hydrogens (tertiary/aromatic N) is 3. The molecule has 0 unspecified atom stereocenters. The lowest BCUT2D eigenvalue weighted by atomic mass is 10.1. The number of rotatable bonds is 7. The summed E-state index contributed by atoms with van der Waals surface area (Å²) >= 11 is 14.3. The average Bonchev–Trinajstić information content (AvgIpc) is 3.48. The van der Waals surface area contributed by atoms with Gasteiger partial charge in [0.25, 0.3) is 11.8 Å². The zero-order chi connectivity index (χ0) is 23.8. The van der Waals surface area contributed by atoms with E-state index < -0.39 is 5.91 Å². The van der Waals surface area contributed by atoms with Crippen molar-refractivity contribution in [1.82, 2.24) is 20.1 Å². The van der Waals surface area contributed by atoms with Crippen molar-refractivity contribution in [3.63, 3.8) is 0 Å². The number of ether oxygens (including phenoxy) is 1. The maximum Gasteiger partial charge on any atom is 0.274 e. The molecule has 2 aliphatic rings. The van der Waals surface area contributed by atoms with E-state index in [0.29, 0.717) is 38.6 Å². The van der Waals surface area contributed by atoms with Crippen molar-refractivity contribution < 1.29 is 14.3 Å². The van der Waals surface area contributed by atoms with Crippen LogP contribution in [0.5, 0.6) is 5.88 Å². The predicted molar refractivity (Wildman–Crippen MR) is 133 cm³/mol. The summed E-state index contributed by atoms with van der Waals surface area (Å²) in [5, 5.41) is 11.0. The number of benzene rings is 1. The Morgan fingerprint density at radius 3 is 2.65 bits per heavy atom. The van der Waals surface area contributed by atoms with Crippen molar-refractivity contribution >= 4 is 52.5 Å². The van der Waals surface area contributed by atoms with Crippen molar-refractivity contribution in [2.75, 3.05) is 16.8 Å². The van der Waals surface area contributed by atoms with E-state index in [0.717, 1.165) is 24.3 Å². The molecule has 1 aromatic carbocycles. The molecule has 2 aromatic heterocycles. The molecule has 3 aromatic rings. The Bertz CT molecular complexity index is 1270. The average molecular weight is 518 g/mol. The fourth-order valence-corrected chi connectivity index (χ4v) is 4.52. The molecule has 2 N–H and O–H groups in total. The highest BCUT2D eigenvalue weighted by Crippen LogP contribution is 2.30. The highest BCUT2D eigenvalue weighted by Gasteiger charge is 2.28. The Hall–Kier alpha value is -2.75. The number of carbonyl (C=O) groups is 2. The van der Waals surface area contributed by atoms with Gasteiger partial charge in [-0.2, -0.15) is 11.8 Å². The third kappa shape index (κ3) is 4.87. The highest BCUT2D eigenvalue weighted by molar-refractivity contribution is 8.00. The summed E-state index contributed by atoms with van der Waals surface area (Å²) in [6.07, 6.45) is 3.50. The minimum atomic E-state index is -0.488. The quantitative estimate of drug-likeness (QED) is 0.478. The van der Waals surface area contributed by atoms with Crippen LogP contribution in [-0.4, -0.2) is 50.2 Å². The van der Waals surface area contributed by atoms with Crippen LogP contribution in [0.1, 0.15) is 39.3 Å². The molecule has 0 radical (unpaired) electrons. The number of thioether (sulfide) groups is 1. The van der Waals surface area contributed by atoms with E-state index >= 15 is 0 Å². The summed E-state index contributed by atoms with van der Waals surface area (Å²) in [6.45, 7) is 1.78. The van der Waals surface area contributed by atoms with Crippen LogP contribution < -0.4 is 15.4 Å². The third-order valence-electron chi connectivity index (χ3n) is 5.45. The molecule has 2 amide bonds. The van der Waals surface area contributed by atoms with Crippen LogP contribution in [-0.2, 0) is 0 Å². The lowest BCUT2D eigenvalue weighted by Gasteiger charge is -2.24. The number of hydrogen-bond acceptors (Lipinski definition) is 6. The Morgan fingerprint density at radius 1 is 1.18 bits per heavy atom. The normalized spacial score (nSPS) is 15.5. The minimum absolute atomic E-state index is 0.0414. The standard InChI is InChI=1S/C23H21Cl2N5O3S/c1-12-7-13(24)8-16(22(31)27-14-4-5-14)20(12)28-23(32)18-9-19(33-15-10-34-11-15)29-30(18)21-17(25)3-2-6-26-21/h2-3,6-9,14-15H,4-5,10-11H2,1H3,(H,27,31)(H,28,32). The first-order chi connectivity index (χ1) is 16.4. The van der Waals surface area contributed by atoms with E-state index in [4.69, 9.17) is 27.9 Å². The van der Waals surface area contributed by atoms with Crippen LogP contribution >= 0.6 is 35.0 Å². The largest absolute Gasteiger partial charge is 0.472 e. The van der Waals surface area contributed by atoms with Crippen LogP contribution in [0.25, 0.3) is 5.82 Å². The van der Waals surface area contributed by atoms with Crippen molar-refractivity contribution in [2.24, 2.45) is 0 Å². The molecular weight excluding hydrogens is 497 g/mol. The second kappa shape index (κ2) is 9.48. The third-order valence-corrected chi connectivity index (χ3v) is 7.18. The topological polar surface area (TPSA) is 98.1 Å². The number of carbonyl (C=O) groups excluding carboxylic acids is 2. The van der Waals surface area contributed by atoms with Crippen molar-refractivity contribution in [1.29, 1.82) is 0 Å². The summed E-state index contributed by atoms with van der Waals surface area (Å²) in [7, 11) is 0. The summed E-state index contributed by atoms with van der Waals surface area (Å²) in [6, 6.07) is 8.32. The van der Waals surface area contributed by atoms with Gasteiger partial charge in [-0.15, -0.1) is 5.10 Å².